The maximum Gasteiger partial charge on any atom is 0.0776 e. The van der Waals surface area contributed by atoms with Gasteiger partial charge in [-0.2, -0.15) is 0 Å². The number of para-hydroxylation sites is 1. The van der Waals surface area contributed by atoms with Crippen molar-refractivity contribution in [3.8, 4) is 0 Å². The normalized spacial score (nSPS) is 13.7. The Morgan fingerprint density at radius 1 is 1.00 bits per heavy atom. The van der Waals surface area contributed by atoms with Crippen molar-refractivity contribution < 1.29 is 0 Å². The first-order valence-electron chi connectivity index (χ1n) is 6.11. The average molecular weight is 234 g/mol. The molecule has 0 amide bonds. The molecular formula is C16H14N2. The van der Waals surface area contributed by atoms with Crippen molar-refractivity contribution in [2.45, 2.75) is 6.42 Å². The number of fused-ring (bicyclic) bond motifs is 1. The van der Waals surface area contributed by atoms with E-state index in [1.807, 2.05) is 30.5 Å². The minimum atomic E-state index is 0.684. The van der Waals surface area contributed by atoms with E-state index in [0.29, 0.717) is 6.54 Å². The molecule has 2 aromatic carbocycles. The SMILES string of the molecule is C(=N\CC1=Nc2ccccc2C1)/c1ccccc1. The molecule has 3 rings (SSSR count). The van der Waals surface area contributed by atoms with Crippen LogP contribution in [0.25, 0.3) is 0 Å². The molecule has 0 saturated carbocycles. The summed E-state index contributed by atoms with van der Waals surface area (Å²) >= 11 is 0. The number of rotatable bonds is 3. The van der Waals surface area contributed by atoms with Crippen molar-refractivity contribution in [2.24, 2.45) is 9.98 Å². The van der Waals surface area contributed by atoms with Crippen molar-refractivity contribution in [3.63, 3.8) is 0 Å². The fraction of sp³-hybridized carbons (Fsp3) is 0.125. The summed E-state index contributed by atoms with van der Waals surface area (Å²) in [5, 5.41) is 0. The molecule has 1 heterocycles. The second kappa shape index (κ2) is 4.96. The first-order valence-corrected chi connectivity index (χ1v) is 6.11. The minimum Gasteiger partial charge on any atom is -0.287 e. The molecule has 2 nitrogen and oxygen atoms in total. The summed E-state index contributed by atoms with van der Waals surface area (Å²) in [5.41, 5.74) is 4.68. The van der Waals surface area contributed by atoms with Crippen LogP contribution in [0.15, 0.2) is 64.6 Å². The second-order valence-corrected chi connectivity index (χ2v) is 4.36. The van der Waals surface area contributed by atoms with E-state index in [2.05, 4.69) is 40.3 Å². The van der Waals surface area contributed by atoms with E-state index in [0.717, 1.165) is 23.4 Å². The third-order valence-corrected chi connectivity index (χ3v) is 2.98. The molecule has 0 spiro atoms. The fourth-order valence-corrected chi connectivity index (χ4v) is 2.09. The third-order valence-electron chi connectivity index (χ3n) is 2.98. The Hall–Kier alpha value is -2.22. The van der Waals surface area contributed by atoms with Gasteiger partial charge in [0.05, 0.1) is 12.2 Å². The maximum atomic E-state index is 4.59. The van der Waals surface area contributed by atoms with Gasteiger partial charge < -0.3 is 0 Å². The topological polar surface area (TPSA) is 24.7 Å². The van der Waals surface area contributed by atoms with E-state index in [4.69, 9.17) is 0 Å². The third kappa shape index (κ3) is 2.38. The van der Waals surface area contributed by atoms with Crippen LogP contribution in [0.4, 0.5) is 5.69 Å². The lowest BCUT2D eigenvalue weighted by Crippen LogP contribution is -2.02. The lowest BCUT2D eigenvalue weighted by atomic mass is 10.1. The standard InChI is InChI=1S/C16H14N2/c1-2-6-13(7-3-1)11-17-12-15-10-14-8-4-5-9-16(14)18-15/h1-9,11H,10,12H2/b17-11+. The minimum absolute atomic E-state index is 0.684. The van der Waals surface area contributed by atoms with Gasteiger partial charge in [0.25, 0.3) is 0 Å². The van der Waals surface area contributed by atoms with Crippen LogP contribution in [-0.2, 0) is 6.42 Å². The van der Waals surface area contributed by atoms with E-state index < -0.39 is 0 Å². The van der Waals surface area contributed by atoms with Crippen molar-refractivity contribution in [3.05, 3.63) is 65.7 Å². The van der Waals surface area contributed by atoms with Gasteiger partial charge in [-0.1, -0.05) is 48.5 Å². The molecule has 0 aliphatic carbocycles. The summed E-state index contributed by atoms with van der Waals surface area (Å²) in [7, 11) is 0. The molecule has 1 aliphatic rings. The molecule has 0 saturated heterocycles. The van der Waals surface area contributed by atoms with Gasteiger partial charge in [-0.25, -0.2) is 0 Å². The van der Waals surface area contributed by atoms with Crippen LogP contribution in [0, 0.1) is 0 Å². The summed E-state index contributed by atoms with van der Waals surface area (Å²) in [4.78, 5) is 9.04. The van der Waals surface area contributed by atoms with Gasteiger partial charge in [-0.05, 0) is 17.2 Å². The Balaban J connectivity index is 1.65. The Morgan fingerprint density at radius 2 is 1.78 bits per heavy atom. The smallest absolute Gasteiger partial charge is 0.0776 e. The molecule has 0 radical (unpaired) electrons. The van der Waals surface area contributed by atoms with Crippen LogP contribution in [0.1, 0.15) is 11.1 Å². The zero-order valence-electron chi connectivity index (χ0n) is 10.1. The molecule has 0 aromatic heterocycles. The van der Waals surface area contributed by atoms with Gasteiger partial charge in [-0.15, -0.1) is 0 Å². The van der Waals surface area contributed by atoms with E-state index >= 15 is 0 Å². The second-order valence-electron chi connectivity index (χ2n) is 4.36. The van der Waals surface area contributed by atoms with Crippen molar-refractivity contribution in [1.82, 2.24) is 0 Å². The lowest BCUT2D eigenvalue weighted by Gasteiger charge is -1.94. The summed E-state index contributed by atoms with van der Waals surface area (Å²) < 4.78 is 0. The van der Waals surface area contributed by atoms with Crippen LogP contribution >= 0.6 is 0 Å². The molecule has 0 bridgehead atoms. The zero-order valence-corrected chi connectivity index (χ0v) is 10.1. The van der Waals surface area contributed by atoms with Crippen LogP contribution in [0.5, 0.6) is 0 Å². The molecule has 0 unspecified atom stereocenters. The maximum absolute atomic E-state index is 4.59. The summed E-state index contributed by atoms with van der Waals surface area (Å²) in [5.74, 6) is 0. The number of benzene rings is 2. The van der Waals surface area contributed by atoms with Crippen LogP contribution < -0.4 is 0 Å². The monoisotopic (exact) mass is 234 g/mol. The Bertz CT molecular complexity index is 598. The number of hydrogen-bond donors (Lipinski definition) is 0. The van der Waals surface area contributed by atoms with E-state index in [1.165, 1.54) is 5.56 Å². The first kappa shape index (κ1) is 10.9. The van der Waals surface area contributed by atoms with Gasteiger partial charge in [0.2, 0.25) is 0 Å². The predicted octanol–water partition coefficient (Wildman–Crippen LogP) is 3.43. The van der Waals surface area contributed by atoms with Crippen molar-refractivity contribution >= 4 is 17.6 Å². The van der Waals surface area contributed by atoms with Crippen molar-refractivity contribution in [2.75, 3.05) is 6.54 Å². The highest BCUT2D eigenvalue weighted by Crippen LogP contribution is 2.25. The first-order chi connectivity index (χ1) is 8.92. The number of hydrogen-bond acceptors (Lipinski definition) is 2. The van der Waals surface area contributed by atoms with E-state index in [-0.39, 0.29) is 0 Å². The van der Waals surface area contributed by atoms with E-state index in [1.54, 1.807) is 0 Å². The molecule has 2 heteroatoms. The van der Waals surface area contributed by atoms with Gasteiger partial charge in [0.15, 0.2) is 0 Å². The largest absolute Gasteiger partial charge is 0.287 e. The number of aliphatic imine (C=N–C) groups is 2. The van der Waals surface area contributed by atoms with Gasteiger partial charge >= 0.3 is 0 Å². The molecule has 0 atom stereocenters. The van der Waals surface area contributed by atoms with Gasteiger partial charge in [0.1, 0.15) is 0 Å². The quantitative estimate of drug-likeness (QED) is 0.727. The van der Waals surface area contributed by atoms with Gasteiger partial charge in [0, 0.05) is 18.3 Å². The highest BCUT2D eigenvalue weighted by Gasteiger charge is 2.12. The molecule has 0 fully saturated rings. The van der Waals surface area contributed by atoms with E-state index in [9.17, 15) is 0 Å². The molecule has 1 aliphatic heterocycles. The molecule has 18 heavy (non-hydrogen) atoms. The Morgan fingerprint density at radius 3 is 2.61 bits per heavy atom. The molecule has 88 valence electrons. The summed E-state index contributed by atoms with van der Waals surface area (Å²) in [6, 6.07) is 18.4. The molecular weight excluding hydrogens is 220 g/mol. The van der Waals surface area contributed by atoms with Crippen molar-refractivity contribution in [1.29, 1.82) is 0 Å². The number of nitrogens with zero attached hydrogens (tertiary/aromatic N) is 2. The Labute approximate surface area is 107 Å². The Kier molecular flexibility index (Phi) is 3.01. The lowest BCUT2D eigenvalue weighted by molar-refractivity contribution is 1.25. The summed E-state index contributed by atoms with van der Waals surface area (Å²) in [6.45, 7) is 0.684. The molecule has 2 aromatic rings. The summed E-state index contributed by atoms with van der Waals surface area (Å²) in [6.07, 6.45) is 2.84. The van der Waals surface area contributed by atoms with Gasteiger partial charge in [-0.3, -0.25) is 9.98 Å². The fourth-order valence-electron chi connectivity index (χ4n) is 2.09. The zero-order chi connectivity index (χ0) is 12.2. The van der Waals surface area contributed by atoms with Crippen LogP contribution in [0.2, 0.25) is 0 Å². The highest BCUT2D eigenvalue weighted by atomic mass is 14.8. The van der Waals surface area contributed by atoms with Crippen LogP contribution in [0.3, 0.4) is 0 Å². The average Bonchev–Trinajstić information content (AvgIpc) is 2.82. The highest BCUT2D eigenvalue weighted by molar-refractivity contribution is 5.96. The van der Waals surface area contributed by atoms with Crippen LogP contribution in [-0.4, -0.2) is 18.5 Å². The molecule has 0 N–H and O–H groups in total. The predicted molar refractivity (Wildman–Crippen MR) is 76.1 cm³/mol.